The molecular formula is C70H136O17P2. The van der Waals surface area contributed by atoms with Crippen molar-refractivity contribution in [3.63, 3.8) is 0 Å². The first-order chi connectivity index (χ1) is 42.6. The van der Waals surface area contributed by atoms with E-state index >= 15 is 0 Å². The molecule has 0 aromatic carbocycles. The molecule has 0 saturated heterocycles. The highest BCUT2D eigenvalue weighted by molar-refractivity contribution is 7.47. The van der Waals surface area contributed by atoms with E-state index in [0.29, 0.717) is 31.6 Å². The molecule has 17 nitrogen and oxygen atoms in total. The summed E-state index contributed by atoms with van der Waals surface area (Å²) in [5.74, 6) is 0.856. The van der Waals surface area contributed by atoms with Crippen molar-refractivity contribution in [1.29, 1.82) is 0 Å². The van der Waals surface area contributed by atoms with Gasteiger partial charge in [0.25, 0.3) is 0 Å². The Hall–Kier alpha value is -1.94. The molecule has 0 aromatic heterocycles. The van der Waals surface area contributed by atoms with E-state index in [1.807, 2.05) is 0 Å². The summed E-state index contributed by atoms with van der Waals surface area (Å²) < 4.78 is 68.3. The van der Waals surface area contributed by atoms with Crippen molar-refractivity contribution in [1.82, 2.24) is 0 Å². The number of carbonyl (C=O) groups excluding carboxylic acids is 4. The van der Waals surface area contributed by atoms with Crippen molar-refractivity contribution in [3.8, 4) is 0 Å². The van der Waals surface area contributed by atoms with E-state index in [1.54, 1.807) is 0 Å². The van der Waals surface area contributed by atoms with E-state index in [0.717, 1.165) is 114 Å². The smallest absolute Gasteiger partial charge is 0.462 e. The highest BCUT2D eigenvalue weighted by atomic mass is 31.2. The lowest BCUT2D eigenvalue weighted by Gasteiger charge is -2.21. The van der Waals surface area contributed by atoms with Gasteiger partial charge in [0.15, 0.2) is 12.2 Å². The number of unbranched alkanes of at least 4 members (excludes halogenated alkanes) is 32. The molecule has 0 heterocycles. The molecular weight excluding hydrogens is 1170 g/mol. The Bertz CT molecular complexity index is 1770. The minimum absolute atomic E-state index is 0.104. The Balaban J connectivity index is 5.25. The summed E-state index contributed by atoms with van der Waals surface area (Å²) in [7, 11) is -9.90. The number of hydrogen-bond acceptors (Lipinski definition) is 15. The van der Waals surface area contributed by atoms with E-state index < -0.39 is 97.5 Å². The summed E-state index contributed by atoms with van der Waals surface area (Å²) in [6.45, 7) is 14.1. The number of esters is 4. The largest absolute Gasteiger partial charge is 0.472 e. The van der Waals surface area contributed by atoms with Crippen LogP contribution in [0.15, 0.2) is 0 Å². The Morgan fingerprint density at radius 3 is 0.798 bits per heavy atom. The van der Waals surface area contributed by atoms with Gasteiger partial charge >= 0.3 is 39.5 Å². The molecule has 0 amide bonds. The lowest BCUT2D eigenvalue weighted by atomic mass is 9.99. The molecule has 528 valence electrons. The number of phosphoric acid groups is 2. The van der Waals surface area contributed by atoms with Gasteiger partial charge in [0, 0.05) is 25.7 Å². The van der Waals surface area contributed by atoms with E-state index in [-0.39, 0.29) is 25.7 Å². The molecule has 0 spiro atoms. The zero-order valence-electron chi connectivity index (χ0n) is 58.1. The summed E-state index contributed by atoms with van der Waals surface area (Å²) in [4.78, 5) is 72.5. The van der Waals surface area contributed by atoms with Crippen molar-refractivity contribution < 1.29 is 80.2 Å². The van der Waals surface area contributed by atoms with E-state index in [4.69, 9.17) is 37.0 Å². The molecule has 0 aliphatic heterocycles. The third-order valence-corrected chi connectivity index (χ3v) is 18.3. The van der Waals surface area contributed by atoms with Gasteiger partial charge < -0.3 is 33.8 Å². The zero-order valence-corrected chi connectivity index (χ0v) is 59.8. The molecule has 0 aliphatic rings. The fourth-order valence-electron chi connectivity index (χ4n) is 10.5. The van der Waals surface area contributed by atoms with Crippen LogP contribution < -0.4 is 0 Å². The van der Waals surface area contributed by atoms with Crippen LogP contribution in [-0.2, 0) is 65.4 Å². The van der Waals surface area contributed by atoms with Gasteiger partial charge in [0.05, 0.1) is 26.4 Å². The number of rotatable bonds is 67. The standard InChI is InChI=1S/C70H136O17P2/c1-9-63(8)49-41-33-25-18-20-28-37-45-53-70(75)87-66(57-81-68(73)51-43-35-29-21-24-32-40-48-62(6)7)59-85-89(78,79)83-55-64(71)54-82-88(76,77)84-58-65(56-80-67(72)50-42-34-26-19-17-23-31-39-47-61(4)5)86-69(74)52-44-36-27-16-14-12-10-11-13-15-22-30-38-46-60(2)3/h60-66,71H,9-59H2,1-8H3,(H,76,77)(H,78,79)/t63?,64?,65-,66-/m1/s1. The summed E-state index contributed by atoms with van der Waals surface area (Å²) in [5.41, 5.74) is 0. The van der Waals surface area contributed by atoms with Gasteiger partial charge in [-0.05, 0) is 49.4 Å². The number of carbonyl (C=O) groups is 4. The molecule has 4 unspecified atom stereocenters. The SMILES string of the molecule is CCC(C)CCCCCCCCCCC(=O)O[C@H](COC(=O)CCCCCCCCCC(C)C)COP(=O)(O)OCC(O)COP(=O)(O)OC[C@@H](COC(=O)CCCCCCCCCCC(C)C)OC(=O)CCCCCCCCCCCCCCCC(C)C. The second-order valence-electron chi connectivity index (χ2n) is 26.9. The molecule has 0 aromatic rings. The first kappa shape index (κ1) is 87.1. The normalized spacial score (nSPS) is 14.6. The number of aliphatic hydroxyl groups excluding tert-OH is 1. The maximum Gasteiger partial charge on any atom is 0.472 e. The minimum Gasteiger partial charge on any atom is -0.462 e. The highest BCUT2D eigenvalue weighted by Gasteiger charge is 2.30. The fourth-order valence-corrected chi connectivity index (χ4v) is 12.0. The van der Waals surface area contributed by atoms with Crippen LogP contribution >= 0.6 is 15.6 Å². The van der Waals surface area contributed by atoms with Gasteiger partial charge in [0.1, 0.15) is 19.3 Å². The van der Waals surface area contributed by atoms with E-state index in [1.165, 1.54) is 141 Å². The van der Waals surface area contributed by atoms with Crippen molar-refractivity contribution in [2.75, 3.05) is 39.6 Å². The predicted octanol–water partition coefficient (Wildman–Crippen LogP) is 19.7. The average molecular weight is 1310 g/mol. The molecule has 0 aliphatic carbocycles. The van der Waals surface area contributed by atoms with Gasteiger partial charge in [-0.25, -0.2) is 9.13 Å². The van der Waals surface area contributed by atoms with Gasteiger partial charge in [-0.1, -0.05) is 293 Å². The van der Waals surface area contributed by atoms with Crippen molar-refractivity contribution in [2.24, 2.45) is 23.7 Å². The number of hydrogen-bond donors (Lipinski definition) is 3. The van der Waals surface area contributed by atoms with Crippen LogP contribution in [0.5, 0.6) is 0 Å². The van der Waals surface area contributed by atoms with Gasteiger partial charge in [-0.2, -0.15) is 0 Å². The highest BCUT2D eigenvalue weighted by Crippen LogP contribution is 2.45. The van der Waals surface area contributed by atoms with Crippen LogP contribution in [0.3, 0.4) is 0 Å². The maximum atomic E-state index is 13.0. The van der Waals surface area contributed by atoms with E-state index in [2.05, 4.69) is 55.4 Å². The molecule has 0 radical (unpaired) electrons. The summed E-state index contributed by atoms with van der Waals surface area (Å²) in [5, 5.41) is 10.6. The van der Waals surface area contributed by atoms with E-state index in [9.17, 15) is 43.2 Å². The van der Waals surface area contributed by atoms with Crippen LogP contribution in [0.2, 0.25) is 0 Å². The Kier molecular flexibility index (Phi) is 58.5. The molecule has 0 rings (SSSR count). The molecule has 6 atom stereocenters. The van der Waals surface area contributed by atoms with Crippen LogP contribution in [0.1, 0.15) is 344 Å². The maximum absolute atomic E-state index is 13.0. The minimum atomic E-state index is -4.95. The second kappa shape index (κ2) is 59.8. The van der Waals surface area contributed by atoms with Gasteiger partial charge in [0.2, 0.25) is 0 Å². The topological polar surface area (TPSA) is 237 Å². The first-order valence-electron chi connectivity index (χ1n) is 36.2. The Labute approximate surface area is 543 Å². The molecule has 0 saturated carbocycles. The molecule has 3 N–H and O–H groups in total. The second-order valence-corrected chi connectivity index (χ2v) is 29.8. The van der Waals surface area contributed by atoms with Crippen LogP contribution in [0, 0.1) is 23.7 Å². The molecule has 0 bridgehead atoms. The third kappa shape index (κ3) is 63.2. The average Bonchev–Trinajstić information content (AvgIpc) is 3.63. The van der Waals surface area contributed by atoms with Gasteiger partial charge in [-0.15, -0.1) is 0 Å². The number of aliphatic hydroxyl groups is 1. The fraction of sp³-hybridized carbons (Fsp3) is 0.943. The number of phosphoric ester groups is 2. The van der Waals surface area contributed by atoms with Crippen LogP contribution in [0.25, 0.3) is 0 Å². The Morgan fingerprint density at radius 2 is 0.539 bits per heavy atom. The molecule has 0 fully saturated rings. The van der Waals surface area contributed by atoms with Crippen molar-refractivity contribution in [3.05, 3.63) is 0 Å². The molecule has 19 heteroatoms. The zero-order chi connectivity index (χ0) is 66.1. The van der Waals surface area contributed by atoms with Crippen LogP contribution in [-0.4, -0.2) is 96.7 Å². The lowest BCUT2D eigenvalue weighted by molar-refractivity contribution is -0.161. The monoisotopic (exact) mass is 1310 g/mol. The van der Waals surface area contributed by atoms with Crippen molar-refractivity contribution in [2.45, 2.75) is 363 Å². The first-order valence-corrected chi connectivity index (χ1v) is 39.2. The summed E-state index contributed by atoms with van der Waals surface area (Å²) in [6.07, 6.45) is 41.7. The predicted molar refractivity (Wildman–Crippen MR) is 358 cm³/mol. The Morgan fingerprint density at radius 1 is 0.315 bits per heavy atom. The van der Waals surface area contributed by atoms with Crippen LogP contribution in [0.4, 0.5) is 0 Å². The summed E-state index contributed by atoms with van der Waals surface area (Å²) in [6, 6.07) is 0. The van der Waals surface area contributed by atoms with Crippen molar-refractivity contribution >= 4 is 39.5 Å². The quantitative estimate of drug-likeness (QED) is 0.0222. The molecule has 89 heavy (non-hydrogen) atoms. The number of ether oxygens (including phenoxy) is 4. The summed E-state index contributed by atoms with van der Waals surface area (Å²) >= 11 is 0. The lowest BCUT2D eigenvalue weighted by Crippen LogP contribution is -2.30. The third-order valence-electron chi connectivity index (χ3n) is 16.4. The van der Waals surface area contributed by atoms with Gasteiger partial charge in [-0.3, -0.25) is 37.3 Å².